The predicted molar refractivity (Wildman–Crippen MR) is 75.0 cm³/mol. The highest BCUT2D eigenvalue weighted by molar-refractivity contribution is 6.29. The van der Waals surface area contributed by atoms with Crippen LogP contribution in [0.1, 0.15) is 24.6 Å². The Bertz CT molecular complexity index is 405. The fourth-order valence-corrected chi connectivity index (χ4v) is 2.04. The highest BCUT2D eigenvalue weighted by Gasteiger charge is 2.27. The molecule has 1 aliphatic rings. The average Bonchev–Trinajstić information content (AvgIpc) is 3.22. The number of hydrogen-bond acceptors (Lipinski definition) is 5. The van der Waals surface area contributed by atoms with Crippen LogP contribution in [0.3, 0.4) is 0 Å². The average molecular weight is 286 g/mol. The van der Waals surface area contributed by atoms with Crippen molar-refractivity contribution < 1.29 is 9.47 Å². The molecule has 0 aromatic carbocycles. The van der Waals surface area contributed by atoms with Crippen molar-refractivity contribution in [3.63, 3.8) is 0 Å². The van der Waals surface area contributed by atoms with Crippen molar-refractivity contribution in [2.24, 2.45) is 0 Å². The molecule has 6 heteroatoms. The fraction of sp³-hybridized carbons (Fsp3) is 0.692. The van der Waals surface area contributed by atoms with Gasteiger partial charge in [-0.1, -0.05) is 11.6 Å². The van der Waals surface area contributed by atoms with Crippen LogP contribution >= 0.6 is 11.6 Å². The largest absolute Gasteiger partial charge is 0.383 e. The molecular weight excluding hydrogens is 266 g/mol. The lowest BCUT2D eigenvalue weighted by atomic mass is 10.3. The van der Waals surface area contributed by atoms with Crippen molar-refractivity contribution in [2.45, 2.75) is 18.8 Å². The molecule has 0 bridgehead atoms. The molecule has 0 spiro atoms. The first-order valence-corrected chi connectivity index (χ1v) is 6.89. The maximum atomic E-state index is 6.09. The summed E-state index contributed by atoms with van der Waals surface area (Å²) in [6, 6.07) is 1.80. The standard InChI is InChI=1S/C13H20ClN3O2/c1-18-7-5-17(6-8-19-2)12-9-11(14)15-13(16-12)10-3-4-10/h9-10H,3-8H2,1-2H3. The van der Waals surface area contributed by atoms with E-state index in [9.17, 15) is 0 Å². The Balaban J connectivity index is 2.13. The van der Waals surface area contributed by atoms with Gasteiger partial charge >= 0.3 is 0 Å². The van der Waals surface area contributed by atoms with Gasteiger partial charge in [0, 0.05) is 39.3 Å². The molecule has 0 saturated heterocycles. The Morgan fingerprint density at radius 1 is 1.21 bits per heavy atom. The molecule has 1 aromatic rings. The van der Waals surface area contributed by atoms with Crippen LogP contribution in [0.2, 0.25) is 5.15 Å². The third kappa shape index (κ3) is 4.30. The van der Waals surface area contributed by atoms with Gasteiger partial charge < -0.3 is 14.4 Å². The van der Waals surface area contributed by atoms with Crippen LogP contribution in [-0.2, 0) is 9.47 Å². The Labute approximate surface area is 118 Å². The van der Waals surface area contributed by atoms with E-state index < -0.39 is 0 Å². The van der Waals surface area contributed by atoms with Crippen LogP contribution in [0.15, 0.2) is 6.07 Å². The summed E-state index contributed by atoms with van der Waals surface area (Å²) in [4.78, 5) is 11.0. The Morgan fingerprint density at radius 3 is 2.37 bits per heavy atom. The maximum absolute atomic E-state index is 6.09. The summed E-state index contributed by atoms with van der Waals surface area (Å²) in [6.45, 7) is 2.81. The summed E-state index contributed by atoms with van der Waals surface area (Å²) in [6.07, 6.45) is 2.33. The molecule has 2 rings (SSSR count). The van der Waals surface area contributed by atoms with Crippen LogP contribution in [0, 0.1) is 0 Å². The molecule has 0 amide bonds. The Kier molecular flexibility index (Phi) is 5.36. The number of ether oxygens (including phenoxy) is 2. The number of methoxy groups -OCH3 is 2. The highest BCUT2D eigenvalue weighted by Crippen LogP contribution is 2.39. The normalized spacial score (nSPS) is 14.7. The van der Waals surface area contributed by atoms with Crippen molar-refractivity contribution >= 4 is 17.4 Å². The molecule has 1 saturated carbocycles. The van der Waals surface area contributed by atoms with Crippen LogP contribution in [0.25, 0.3) is 0 Å². The van der Waals surface area contributed by atoms with Gasteiger partial charge in [-0.25, -0.2) is 9.97 Å². The monoisotopic (exact) mass is 285 g/mol. The number of aromatic nitrogens is 2. The lowest BCUT2D eigenvalue weighted by Gasteiger charge is -2.23. The van der Waals surface area contributed by atoms with E-state index in [-0.39, 0.29) is 0 Å². The summed E-state index contributed by atoms with van der Waals surface area (Å²) in [5.41, 5.74) is 0. The van der Waals surface area contributed by atoms with E-state index in [1.807, 2.05) is 0 Å². The first kappa shape index (κ1) is 14.5. The van der Waals surface area contributed by atoms with Gasteiger partial charge in [-0.15, -0.1) is 0 Å². The summed E-state index contributed by atoms with van der Waals surface area (Å²) < 4.78 is 10.3. The van der Waals surface area contributed by atoms with Gasteiger partial charge in [0.15, 0.2) is 0 Å². The summed E-state index contributed by atoms with van der Waals surface area (Å²) >= 11 is 6.09. The van der Waals surface area contributed by atoms with Gasteiger partial charge in [-0.2, -0.15) is 0 Å². The predicted octanol–water partition coefficient (Wildman–Crippen LogP) is 2.11. The molecule has 0 aliphatic heterocycles. The second-order valence-electron chi connectivity index (χ2n) is 4.65. The van der Waals surface area contributed by atoms with Crippen molar-refractivity contribution in [3.05, 3.63) is 17.0 Å². The molecule has 19 heavy (non-hydrogen) atoms. The minimum absolute atomic E-state index is 0.490. The molecule has 0 radical (unpaired) electrons. The van der Waals surface area contributed by atoms with Crippen LogP contribution in [0.4, 0.5) is 5.82 Å². The molecule has 106 valence electrons. The molecule has 5 nitrogen and oxygen atoms in total. The van der Waals surface area contributed by atoms with Gasteiger partial charge in [-0.3, -0.25) is 0 Å². The lowest BCUT2D eigenvalue weighted by Crippen LogP contribution is -2.31. The van der Waals surface area contributed by atoms with Crippen molar-refractivity contribution in [2.75, 3.05) is 45.4 Å². The fourth-order valence-electron chi connectivity index (χ4n) is 1.85. The van der Waals surface area contributed by atoms with Crippen molar-refractivity contribution in [1.82, 2.24) is 9.97 Å². The second-order valence-corrected chi connectivity index (χ2v) is 5.04. The Hall–Kier alpha value is -0.910. The SMILES string of the molecule is COCCN(CCOC)c1cc(Cl)nc(C2CC2)n1. The van der Waals surface area contributed by atoms with Gasteiger partial charge in [0.1, 0.15) is 16.8 Å². The van der Waals surface area contributed by atoms with Gasteiger partial charge in [0.25, 0.3) is 0 Å². The molecule has 1 fully saturated rings. The third-order valence-corrected chi connectivity index (χ3v) is 3.29. The highest BCUT2D eigenvalue weighted by atomic mass is 35.5. The smallest absolute Gasteiger partial charge is 0.135 e. The summed E-state index contributed by atoms with van der Waals surface area (Å²) in [5.74, 6) is 2.21. The Morgan fingerprint density at radius 2 is 1.84 bits per heavy atom. The van der Waals surface area contributed by atoms with Crippen molar-refractivity contribution in [3.8, 4) is 0 Å². The zero-order valence-corrected chi connectivity index (χ0v) is 12.2. The zero-order valence-electron chi connectivity index (χ0n) is 11.4. The van der Waals surface area contributed by atoms with Gasteiger partial charge in [0.05, 0.1) is 13.2 Å². The number of anilines is 1. The number of nitrogens with zero attached hydrogens (tertiary/aromatic N) is 3. The third-order valence-electron chi connectivity index (χ3n) is 3.10. The van der Waals surface area contributed by atoms with E-state index in [1.165, 1.54) is 0 Å². The van der Waals surface area contributed by atoms with Crippen LogP contribution < -0.4 is 4.90 Å². The summed E-state index contributed by atoms with van der Waals surface area (Å²) in [5, 5.41) is 0.506. The summed E-state index contributed by atoms with van der Waals surface area (Å²) in [7, 11) is 3.38. The molecule has 0 atom stereocenters. The molecular formula is C13H20ClN3O2. The maximum Gasteiger partial charge on any atom is 0.135 e. The first-order valence-electron chi connectivity index (χ1n) is 6.52. The van der Waals surface area contributed by atoms with E-state index in [1.54, 1.807) is 20.3 Å². The quantitative estimate of drug-likeness (QED) is 0.685. The zero-order chi connectivity index (χ0) is 13.7. The van der Waals surface area contributed by atoms with E-state index >= 15 is 0 Å². The van der Waals surface area contributed by atoms with Gasteiger partial charge in [-0.05, 0) is 12.8 Å². The van der Waals surface area contributed by atoms with Gasteiger partial charge in [0.2, 0.25) is 0 Å². The number of halogens is 1. The lowest BCUT2D eigenvalue weighted by molar-refractivity contribution is 0.190. The van der Waals surface area contributed by atoms with E-state index in [2.05, 4.69) is 14.9 Å². The topological polar surface area (TPSA) is 47.5 Å². The minimum atomic E-state index is 0.490. The molecule has 0 N–H and O–H groups in total. The number of hydrogen-bond donors (Lipinski definition) is 0. The van der Waals surface area contributed by atoms with E-state index in [4.69, 9.17) is 21.1 Å². The van der Waals surface area contributed by atoms with E-state index in [0.717, 1.165) is 37.6 Å². The molecule has 0 unspecified atom stereocenters. The van der Waals surface area contributed by atoms with Crippen molar-refractivity contribution in [1.29, 1.82) is 0 Å². The van der Waals surface area contributed by atoms with E-state index in [0.29, 0.717) is 24.3 Å². The van der Waals surface area contributed by atoms with Crippen LogP contribution in [-0.4, -0.2) is 50.5 Å². The number of rotatable bonds is 8. The first-order chi connectivity index (χ1) is 9.24. The van der Waals surface area contributed by atoms with Crippen LogP contribution in [0.5, 0.6) is 0 Å². The molecule has 1 aromatic heterocycles. The minimum Gasteiger partial charge on any atom is -0.383 e. The molecule has 1 heterocycles. The molecule has 1 aliphatic carbocycles. The second kappa shape index (κ2) is 7.03.